The number of nitrogens with zero attached hydrogens (tertiary/aromatic N) is 2. The summed E-state index contributed by atoms with van der Waals surface area (Å²) in [6, 6.07) is 9.94. The molecule has 1 amide bonds. The summed E-state index contributed by atoms with van der Waals surface area (Å²) in [7, 11) is 1.99. The van der Waals surface area contributed by atoms with E-state index in [2.05, 4.69) is 16.4 Å². The lowest BCUT2D eigenvalue weighted by atomic mass is 9.93. The van der Waals surface area contributed by atoms with Crippen molar-refractivity contribution < 1.29 is 4.79 Å². The molecule has 0 bridgehead atoms. The van der Waals surface area contributed by atoms with Crippen LogP contribution in [0.15, 0.2) is 30.3 Å². The molecule has 1 aliphatic heterocycles. The third kappa shape index (κ3) is 3.53. The molecule has 1 aliphatic rings. The van der Waals surface area contributed by atoms with Gasteiger partial charge < -0.3 is 10.2 Å². The molecule has 0 spiro atoms. The lowest BCUT2D eigenvalue weighted by Crippen LogP contribution is -2.39. The molecule has 0 atom stereocenters. The van der Waals surface area contributed by atoms with E-state index in [1.807, 2.05) is 43.1 Å². The molecule has 1 saturated heterocycles. The molecule has 1 aromatic heterocycles. The predicted molar refractivity (Wildman–Crippen MR) is 93.7 cm³/mol. The third-order valence-corrected chi connectivity index (χ3v) is 4.85. The van der Waals surface area contributed by atoms with E-state index in [0.717, 1.165) is 54.9 Å². The summed E-state index contributed by atoms with van der Waals surface area (Å²) in [4.78, 5) is 19.3. The third-order valence-electron chi connectivity index (χ3n) is 4.85. The monoisotopic (exact) mass is 311 g/mol. The minimum absolute atomic E-state index is 0.0749. The Kier molecular flexibility index (Phi) is 4.91. The number of nitrogens with one attached hydrogen (secondary N) is 1. The van der Waals surface area contributed by atoms with Crippen LogP contribution in [0, 0.1) is 12.8 Å². The maximum Gasteiger partial charge on any atom is 0.272 e. The number of rotatable bonds is 4. The lowest BCUT2D eigenvalue weighted by Gasteiger charge is -2.32. The first kappa shape index (κ1) is 15.9. The Labute approximate surface area is 137 Å². The van der Waals surface area contributed by atoms with Crippen molar-refractivity contribution >= 4 is 16.8 Å². The Morgan fingerprint density at radius 1 is 1.30 bits per heavy atom. The van der Waals surface area contributed by atoms with Gasteiger partial charge in [0.1, 0.15) is 5.69 Å². The minimum Gasteiger partial charge on any atom is -0.337 e. The van der Waals surface area contributed by atoms with Gasteiger partial charge in [0.15, 0.2) is 0 Å². The first-order valence-corrected chi connectivity index (χ1v) is 8.49. The van der Waals surface area contributed by atoms with Crippen molar-refractivity contribution in [3.63, 3.8) is 0 Å². The average molecular weight is 311 g/mol. The Morgan fingerprint density at radius 3 is 2.78 bits per heavy atom. The molecule has 4 nitrogen and oxygen atoms in total. The summed E-state index contributed by atoms with van der Waals surface area (Å²) in [5.41, 5.74) is 2.59. The molecule has 4 heteroatoms. The number of aryl methyl sites for hydroxylation is 1. The van der Waals surface area contributed by atoms with Crippen LogP contribution >= 0.6 is 0 Å². The molecule has 0 saturated carbocycles. The molecule has 122 valence electrons. The smallest absolute Gasteiger partial charge is 0.272 e. The van der Waals surface area contributed by atoms with E-state index in [0.29, 0.717) is 5.69 Å². The lowest BCUT2D eigenvalue weighted by molar-refractivity contribution is 0.0681. The molecule has 1 aromatic carbocycles. The predicted octanol–water partition coefficient (Wildman–Crippen LogP) is 3.00. The van der Waals surface area contributed by atoms with E-state index >= 15 is 0 Å². The number of likely N-dealkylation sites (tertiary alicyclic amines) is 1. The zero-order chi connectivity index (χ0) is 16.2. The van der Waals surface area contributed by atoms with Crippen LogP contribution in [0.2, 0.25) is 0 Å². The van der Waals surface area contributed by atoms with E-state index in [1.165, 1.54) is 6.42 Å². The van der Waals surface area contributed by atoms with Crippen molar-refractivity contribution in [1.82, 2.24) is 15.2 Å². The molecule has 3 rings (SSSR count). The normalized spacial score (nSPS) is 16.0. The second kappa shape index (κ2) is 7.09. The van der Waals surface area contributed by atoms with E-state index in [1.54, 1.807) is 0 Å². The van der Waals surface area contributed by atoms with E-state index < -0.39 is 0 Å². The van der Waals surface area contributed by atoms with Crippen LogP contribution in [0.5, 0.6) is 0 Å². The Bertz CT molecular complexity index is 690. The number of hydrogen-bond acceptors (Lipinski definition) is 3. The number of aromatic nitrogens is 1. The van der Waals surface area contributed by atoms with Gasteiger partial charge in [0.05, 0.1) is 5.52 Å². The summed E-state index contributed by atoms with van der Waals surface area (Å²) < 4.78 is 0. The zero-order valence-corrected chi connectivity index (χ0v) is 14.0. The summed E-state index contributed by atoms with van der Waals surface area (Å²) in [5, 5.41) is 4.33. The van der Waals surface area contributed by atoms with Gasteiger partial charge in [0, 0.05) is 18.5 Å². The Morgan fingerprint density at radius 2 is 2.04 bits per heavy atom. The summed E-state index contributed by atoms with van der Waals surface area (Å²) >= 11 is 0. The number of carbonyl (C=O) groups excluding carboxylic acids is 1. The molecule has 0 radical (unpaired) electrons. The SMILES string of the molecule is CNCCC1CCN(C(=O)c2cc(C)c3ccccc3n2)CC1. The van der Waals surface area contributed by atoms with Crippen LogP contribution in [0.1, 0.15) is 35.3 Å². The number of pyridine rings is 1. The molecular weight excluding hydrogens is 286 g/mol. The largest absolute Gasteiger partial charge is 0.337 e. The fraction of sp³-hybridized carbons (Fsp3) is 0.474. The molecule has 0 unspecified atom stereocenters. The van der Waals surface area contributed by atoms with Crippen molar-refractivity contribution in [2.24, 2.45) is 5.92 Å². The average Bonchev–Trinajstić information content (AvgIpc) is 2.60. The second-order valence-corrected chi connectivity index (χ2v) is 6.47. The second-order valence-electron chi connectivity index (χ2n) is 6.47. The van der Waals surface area contributed by atoms with Crippen molar-refractivity contribution in [3.05, 3.63) is 41.6 Å². The van der Waals surface area contributed by atoms with Gasteiger partial charge in [-0.3, -0.25) is 4.79 Å². The number of hydrogen-bond donors (Lipinski definition) is 1. The number of para-hydroxylation sites is 1. The summed E-state index contributed by atoms with van der Waals surface area (Å²) in [5.74, 6) is 0.809. The van der Waals surface area contributed by atoms with Gasteiger partial charge >= 0.3 is 0 Å². The van der Waals surface area contributed by atoms with Crippen LogP contribution in [0.25, 0.3) is 10.9 Å². The first-order chi connectivity index (χ1) is 11.2. The Balaban J connectivity index is 1.72. The number of piperidine rings is 1. The van der Waals surface area contributed by atoms with Crippen molar-refractivity contribution in [3.8, 4) is 0 Å². The standard InChI is InChI=1S/C19H25N3O/c1-14-13-18(21-17-6-4-3-5-16(14)17)19(23)22-11-8-15(9-12-22)7-10-20-2/h3-6,13,15,20H,7-12H2,1-2H3. The maximum atomic E-state index is 12.8. The van der Waals surface area contributed by atoms with Crippen LogP contribution in [0.3, 0.4) is 0 Å². The van der Waals surface area contributed by atoms with E-state index in [4.69, 9.17) is 0 Å². The molecule has 0 aliphatic carbocycles. The maximum absolute atomic E-state index is 12.8. The number of carbonyl (C=O) groups is 1. The van der Waals surface area contributed by atoms with Crippen LogP contribution in [0.4, 0.5) is 0 Å². The molecule has 1 fully saturated rings. The topological polar surface area (TPSA) is 45.2 Å². The summed E-state index contributed by atoms with van der Waals surface area (Å²) in [6.07, 6.45) is 3.39. The first-order valence-electron chi connectivity index (χ1n) is 8.49. The van der Waals surface area contributed by atoms with Crippen LogP contribution in [-0.2, 0) is 0 Å². The van der Waals surface area contributed by atoms with E-state index in [-0.39, 0.29) is 5.91 Å². The van der Waals surface area contributed by atoms with Gasteiger partial charge in [-0.25, -0.2) is 4.98 Å². The zero-order valence-electron chi connectivity index (χ0n) is 14.0. The molecule has 2 aromatic rings. The fourth-order valence-electron chi connectivity index (χ4n) is 3.39. The fourth-order valence-corrected chi connectivity index (χ4v) is 3.39. The molecule has 23 heavy (non-hydrogen) atoms. The van der Waals surface area contributed by atoms with Crippen molar-refractivity contribution in [2.75, 3.05) is 26.7 Å². The highest BCUT2D eigenvalue weighted by Gasteiger charge is 2.24. The number of fused-ring (bicyclic) bond motifs is 1. The van der Waals surface area contributed by atoms with E-state index in [9.17, 15) is 4.79 Å². The number of amides is 1. The number of benzene rings is 1. The quantitative estimate of drug-likeness (QED) is 0.944. The highest BCUT2D eigenvalue weighted by Crippen LogP contribution is 2.23. The van der Waals surface area contributed by atoms with Gasteiger partial charge in [-0.2, -0.15) is 0 Å². The summed E-state index contributed by atoms with van der Waals surface area (Å²) in [6.45, 7) is 4.80. The van der Waals surface area contributed by atoms with Gasteiger partial charge in [-0.1, -0.05) is 18.2 Å². The highest BCUT2D eigenvalue weighted by molar-refractivity contribution is 5.96. The van der Waals surface area contributed by atoms with Gasteiger partial charge in [0.25, 0.3) is 5.91 Å². The van der Waals surface area contributed by atoms with Crippen molar-refractivity contribution in [2.45, 2.75) is 26.2 Å². The molecule has 1 N–H and O–H groups in total. The van der Waals surface area contributed by atoms with Gasteiger partial charge in [-0.15, -0.1) is 0 Å². The van der Waals surface area contributed by atoms with Crippen LogP contribution < -0.4 is 5.32 Å². The van der Waals surface area contributed by atoms with Crippen molar-refractivity contribution in [1.29, 1.82) is 0 Å². The highest BCUT2D eigenvalue weighted by atomic mass is 16.2. The molecule has 2 heterocycles. The Hall–Kier alpha value is -1.94. The van der Waals surface area contributed by atoms with Crippen LogP contribution in [-0.4, -0.2) is 42.5 Å². The van der Waals surface area contributed by atoms with Gasteiger partial charge in [0.2, 0.25) is 0 Å². The molecular formula is C19H25N3O. The van der Waals surface area contributed by atoms with Gasteiger partial charge in [-0.05, 0) is 63.4 Å². The minimum atomic E-state index is 0.0749.